The molecule has 2 aromatic rings. The summed E-state index contributed by atoms with van der Waals surface area (Å²) in [6.07, 6.45) is 2.78. The fourth-order valence-electron chi connectivity index (χ4n) is 4.39. The Morgan fingerprint density at radius 2 is 1.97 bits per heavy atom. The van der Waals surface area contributed by atoms with Crippen molar-refractivity contribution in [2.45, 2.75) is 39.5 Å². The van der Waals surface area contributed by atoms with Gasteiger partial charge in [-0.1, -0.05) is 43.6 Å². The minimum absolute atomic E-state index is 0.0447. The zero-order chi connectivity index (χ0) is 22.3. The van der Waals surface area contributed by atoms with Crippen LogP contribution in [-0.4, -0.2) is 16.7 Å². The van der Waals surface area contributed by atoms with E-state index in [1.807, 2.05) is 31.2 Å². The molecule has 0 spiro atoms. The molecule has 1 amide bonds. The minimum Gasteiger partial charge on any atom is -0.362 e. The maximum Gasteiger partial charge on any atom is 0.255 e. The zero-order valence-corrected chi connectivity index (χ0v) is 19.9. The second-order valence-electron chi connectivity index (χ2n) is 8.77. The van der Waals surface area contributed by atoms with E-state index in [4.69, 9.17) is 11.6 Å². The maximum atomic E-state index is 13.4. The molecule has 1 aromatic heterocycles. The summed E-state index contributed by atoms with van der Waals surface area (Å²) >= 11 is 9.91. The number of dihydropyridines is 1. The molecule has 0 saturated carbocycles. The number of benzene rings is 1. The predicted molar refractivity (Wildman–Crippen MR) is 126 cm³/mol. The molecule has 0 unspecified atom stereocenters. The highest BCUT2D eigenvalue weighted by Crippen LogP contribution is 2.47. The Balaban J connectivity index is 1.81. The SMILES string of the molecule is CC1=C(C(=O)Nc2ccc(Br)cn2)[C@@H](c2ccccc2Cl)C2=C(CC(C)(C)CC2=O)N1. The average Bonchev–Trinajstić information content (AvgIpc) is 2.68. The molecule has 4 rings (SSSR count). The van der Waals surface area contributed by atoms with Crippen LogP contribution in [0.4, 0.5) is 5.82 Å². The molecule has 2 aliphatic rings. The minimum atomic E-state index is -0.538. The molecular formula is C24H23BrClN3O2. The van der Waals surface area contributed by atoms with Crippen molar-refractivity contribution in [1.29, 1.82) is 0 Å². The van der Waals surface area contributed by atoms with Gasteiger partial charge in [-0.15, -0.1) is 0 Å². The van der Waals surface area contributed by atoms with Crippen molar-refractivity contribution in [3.05, 3.63) is 80.2 Å². The van der Waals surface area contributed by atoms with E-state index in [0.29, 0.717) is 34.1 Å². The van der Waals surface area contributed by atoms with Gasteiger partial charge in [-0.2, -0.15) is 0 Å². The van der Waals surface area contributed by atoms with E-state index in [9.17, 15) is 9.59 Å². The van der Waals surface area contributed by atoms with Gasteiger partial charge in [0.15, 0.2) is 5.78 Å². The summed E-state index contributed by atoms with van der Waals surface area (Å²) in [7, 11) is 0. The Hall–Kier alpha value is -2.44. The summed E-state index contributed by atoms with van der Waals surface area (Å²) in [4.78, 5) is 31.0. The Morgan fingerprint density at radius 3 is 2.65 bits per heavy atom. The topological polar surface area (TPSA) is 71.1 Å². The molecule has 0 fully saturated rings. The highest BCUT2D eigenvalue weighted by molar-refractivity contribution is 9.10. The van der Waals surface area contributed by atoms with Crippen LogP contribution in [-0.2, 0) is 9.59 Å². The molecule has 31 heavy (non-hydrogen) atoms. The first-order valence-corrected chi connectivity index (χ1v) is 11.2. The molecule has 160 valence electrons. The first-order chi connectivity index (χ1) is 14.7. The molecule has 1 aromatic carbocycles. The van der Waals surface area contributed by atoms with Gasteiger partial charge >= 0.3 is 0 Å². The lowest BCUT2D eigenvalue weighted by Gasteiger charge is -2.39. The molecule has 1 aliphatic carbocycles. The Morgan fingerprint density at radius 1 is 1.23 bits per heavy atom. The van der Waals surface area contributed by atoms with Crippen LogP contribution in [0.15, 0.2) is 69.6 Å². The molecule has 2 heterocycles. The summed E-state index contributed by atoms with van der Waals surface area (Å²) in [5.41, 5.74) is 3.30. The molecule has 1 aliphatic heterocycles. The van der Waals surface area contributed by atoms with Crippen LogP contribution in [0.3, 0.4) is 0 Å². The molecule has 0 bridgehead atoms. The number of rotatable bonds is 3. The molecule has 2 N–H and O–H groups in total. The van der Waals surface area contributed by atoms with Gasteiger partial charge in [-0.3, -0.25) is 9.59 Å². The van der Waals surface area contributed by atoms with Gasteiger partial charge < -0.3 is 10.6 Å². The van der Waals surface area contributed by atoms with Crippen LogP contribution in [0.5, 0.6) is 0 Å². The van der Waals surface area contributed by atoms with E-state index in [2.05, 4.69) is 45.4 Å². The number of aromatic nitrogens is 1. The van der Waals surface area contributed by atoms with E-state index >= 15 is 0 Å². The zero-order valence-electron chi connectivity index (χ0n) is 17.6. The lowest BCUT2D eigenvalue weighted by atomic mass is 9.68. The predicted octanol–water partition coefficient (Wildman–Crippen LogP) is 5.74. The number of halogens is 2. The van der Waals surface area contributed by atoms with E-state index < -0.39 is 5.92 Å². The Kier molecular flexibility index (Phi) is 5.79. The fourth-order valence-corrected chi connectivity index (χ4v) is 4.87. The van der Waals surface area contributed by atoms with Crippen molar-refractivity contribution in [3.63, 3.8) is 0 Å². The maximum absolute atomic E-state index is 13.4. The fraction of sp³-hybridized carbons (Fsp3) is 0.292. The van der Waals surface area contributed by atoms with Crippen molar-refractivity contribution in [2.75, 3.05) is 5.32 Å². The van der Waals surface area contributed by atoms with Gasteiger partial charge in [0.25, 0.3) is 5.91 Å². The number of carbonyl (C=O) groups excluding carboxylic acids is 2. The number of ketones is 1. The average molecular weight is 501 g/mol. The van der Waals surface area contributed by atoms with Gasteiger partial charge in [-0.25, -0.2) is 4.98 Å². The third-order valence-electron chi connectivity index (χ3n) is 5.67. The summed E-state index contributed by atoms with van der Waals surface area (Å²) < 4.78 is 0.819. The van der Waals surface area contributed by atoms with Gasteiger partial charge in [0, 0.05) is 50.6 Å². The largest absolute Gasteiger partial charge is 0.362 e. The quantitative estimate of drug-likeness (QED) is 0.564. The molecule has 5 nitrogen and oxygen atoms in total. The molecule has 0 saturated heterocycles. The van der Waals surface area contributed by atoms with Crippen molar-refractivity contribution < 1.29 is 9.59 Å². The number of allylic oxidation sites excluding steroid dienone is 3. The number of hydrogen-bond donors (Lipinski definition) is 2. The van der Waals surface area contributed by atoms with E-state index in [-0.39, 0.29) is 17.1 Å². The van der Waals surface area contributed by atoms with Crippen LogP contribution >= 0.6 is 27.5 Å². The lowest BCUT2D eigenvalue weighted by molar-refractivity contribution is -0.118. The normalized spacial score (nSPS) is 20.3. The van der Waals surface area contributed by atoms with E-state index in [0.717, 1.165) is 22.2 Å². The molecular weight excluding hydrogens is 478 g/mol. The number of nitrogens with zero attached hydrogens (tertiary/aromatic N) is 1. The summed E-state index contributed by atoms with van der Waals surface area (Å²) in [6, 6.07) is 10.9. The number of hydrogen-bond acceptors (Lipinski definition) is 4. The monoisotopic (exact) mass is 499 g/mol. The van der Waals surface area contributed by atoms with Gasteiger partial charge in [0.2, 0.25) is 0 Å². The second-order valence-corrected chi connectivity index (χ2v) is 10.1. The van der Waals surface area contributed by atoms with Crippen LogP contribution in [0.1, 0.15) is 45.1 Å². The highest BCUT2D eigenvalue weighted by Gasteiger charge is 2.43. The van der Waals surface area contributed by atoms with Crippen LogP contribution in [0, 0.1) is 5.41 Å². The number of carbonyl (C=O) groups is 2. The Labute approximate surface area is 195 Å². The van der Waals surface area contributed by atoms with Gasteiger partial charge in [0.05, 0.1) is 0 Å². The van der Waals surface area contributed by atoms with E-state index in [1.54, 1.807) is 18.3 Å². The van der Waals surface area contributed by atoms with Gasteiger partial charge in [-0.05, 0) is 58.5 Å². The summed E-state index contributed by atoms with van der Waals surface area (Å²) in [5, 5.41) is 6.75. The van der Waals surface area contributed by atoms with Crippen LogP contribution < -0.4 is 10.6 Å². The first kappa shape index (κ1) is 21.8. The summed E-state index contributed by atoms with van der Waals surface area (Å²) in [6.45, 7) is 6.03. The van der Waals surface area contributed by atoms with Crippen molar-refractivity contribution >= 4 is 45.0 Å². The smallest absolute Gasteiger partial charge is 0.255 e. The van der Waals surface area contributed by atoms with Crippen molar-refractivity contribution in [2.24, 2.45) is 5.41 Å². The molecule has 7 heteroatoms. The number of anilines is 1. The first-order valence-electron chi connectivity index (χ1n) is 10.1. The molecule has 0 radical (unpaired) electrons. The number of amides is 1. The number of pyridine rings is 1. The van der Waals surface area contributed by atoms with Crippen molar-refractivity contribution in [3.8, 4) is 0 Å². The number of Topliss-reactive ketones (excluding diaryl/α,β-unsaturated/α-hetero) is 1. The van der Waals surface area contributed by atoms with Crippen LogP contribution in [0.25, 0.3) is 0 Å². The van der Waals surface area contributed by atoms with Crippen LogP contribution in [0.2, 0.25) is 5.02 Å². The highest BCUT2D eigenvalue weighted by atomic mass is 79.9. The Bertz CT molecular complexity index is 1140. The molecule has 1 atom stereocenters. The van der Waals surface area contributed by atoms with Crippen molar-refractivity contribution in [1.82, 2.24) is 10.3 Å². The number of nitrogens with one attached hydrogen (secondary N) is 2. The lowest BCUT2D eigenvalue weighted by Crippen LogP contribution is -2.39. The second kappa shape index (κ2) is 8.24. The third kappa shape index (κ3) is 4.32. The standard InChI is InChI=1S/C24H23BrClN3O2/c1-13-20(23(31)29-19-9-8-14(25)12-27-19)21(15-6-4-5-7-16(15)26)22-17(28-13)10-24(2,3)11-18(22)30/h4-9,12,21,28H,10-11H2,1-3H3,(H,27,29,31)/t21-/m1/s1. The van der Waals surface area contributed by atoms with E-state index in [1.165, 1.54) is 0 Å². The summed E-state index contributed by atoms with van der Waals surface area (Å²) in [5.74, 6) is -0.372. The van der Waals surface area contributed by atoms with Gasteiger partial charge in [0.1, 0.15) is 5.82 Å². The third-order valence-corrected chi connectivity index (χ3v) is 6.48.